The number of amides is 1. The number of sulfone groups is 1. The molecule has 8 heteroatoms. The molecule has 1 aliphatic heterocycles. The second-order valence-electron chi connectivity index (χ2n) is 7.78. The van der Waals surface area contributed by atoms with Gasteiger partial charge in [0.05, 0.1) is 23.6 Å². The molecule has 1 fully saturated rings. The quantitative estimate of drug-likeness (QED) is 0.633. The standard InChI is InChI=1S/C22H25N3O3S2/c1-15-10-19(16(2)25(15)18-8-9-30(27,28)14-18)20-13-29-22(24-20)11-21(26)23-12-17-6-4-3-5-7-17/h3-7,10,13,18H,8-9,11-12,14H2,1-2H3,(H,23,26). The first-order valence-corrected chi connectivity index (χ1v) is 12.7. The molecule has 1 unspecified atom stereocenters. The van der Waals surface area contributed by atoms with Crippen molar-refractivity contribution in [2.75, 3.05) is 11.5 Å². The number of aromatic nitrogens is 2. The van der Waals surface area contributed by atoms with Crippen LogP contribution < -0.4 is 5.32 Å². The number of carbonyl (C=O) groups is 1. The molecule has 1 N–H and O–H groups in total. The van der Waals surface area contributed by atoms with Gasteiger partial charge in [0.1, 0.15) is 5.01 Å². The summed E-state index contributed by atoms with van der Waals surface area (Å²) in [5.74, 6) is 0.400. The summed E-state index contributed by atoms with van der Waals surface area (Å²) >= 11 is 1.47. The van der Waals surface area contributed by atoms with Gasteiger partial charge >= 0.3 is 0 Å². The molecule has 1 aliphatic rings. The molecular weight excluding hydrogens is 418 g/mol. The van der Waals surface area contributed by atoms with Crippen LogP contribution >= 0.6 is 11.3 Å². The molecule has 1 saturated heterocycles. The lowest BCUT2D eigenvalue weighted by molar-refractivity contribution is -0.120. The number of aryl methyl sites for hydroxylation is 1. The Morgan fingerprint density at radius 1 is 1.27 bits per heavy atom. The van der Waals surface area contributed by atoms with Crippen LogP contribution in [0.1, 0.15) is 34.4 Å². The fourth-order valence-corrected chi connectivity index (χ4v) is 6.58. The van der Waals surface area contributed by atoms with Gasteiger partial charge in [-0.1, -0.05) is 30.3 Å². The van der Waals surface area contributed by atoms with E-state index in [0.717, 1.165) is 33.2 Å². The molecule has 3 heterocycles. The SMILES string of the molecule is Cc1cc(-c2csc(CC(=O)NCc3ccccc3)n2)c(C)n1C1CCS(=O)(=O)C1. The van der Waals surface area contributed by atoms with E-state index in [0.29, 0.717) is 13.0 Å². The lowest BCUT2D eigenvalue weighted by Crippen LogP contribution is -2.24. The molecule has 0 bridgehead atoms. The van der Waals surface area contributed by atoms with Crippen LogP contribution in [0.5, 0.6) is 0 Å². The maximum absolute atomic E-state index is 12.3. The fourth-order valence-electron chi connectivity index (χ4n) is 4.09. The van der Waals surface area contributed by atoms with E-state index in [9.17, 15) is 13.2 Å². The molecule has 0 saturated carbocycles. The average Bonchev–Trinajstić information content (AvgIpc) is 3.38. The highest BCUT2D eigenvalue weighted by Crippen LogP contribution is 2.34. The molecule has 3 aromatic rings. The van der Waals surface area contributed by atoms with Crippen LogP contribution in [0.15, 0.2) is 41.8 Å². The van der Waals surface area contributed by atoms with Crippen molar-refractivity contribution < 1.29 is 13.2 Å². The Morgan fingerprint density at radius 2 is 2.03 bits per heavy atom. The molecule has 1 amide bonds. The topological polar surface area (TPSA) is 81.1 Å². The molecule has 0 radical (unpaired) electrons. The van der Waals surface area contributed by atoms with Gasteiger partial charge in [-0.15, -0.1) is 11.3 Å². The smallest absolute Gasteiger partial charge is 0.227 e. The van der Waals surface area contributed by atoms with Crippen LogP contribution in [0.2, 0.25) is 0 Å². The summed E-state index contributed by atoms with van der Waals surface area (Å²) in [5.41, 5.74) is 4.97. The number of hydrogen-bond acceptors (Lipinski definition) is 5. The summed E-state index contributed by atoms with van der Waals surface area (Å²) in [5, 5.41) is 5.67. The number of benzene rings is 1. The predicted molar refractivity (Wildman–Crippen MR) is 119 cm³/mol. The van der Waals surface area contributed by atoms with Crippen LogP contribution in [0.3, 0.4) is 0 Å². The lowest BCUT2D eigenvalue weighted by atomic mass is 10.2. The van der Waals surface area contributed by atoms with Gasteiger partial charge in [-0.3, -0.25) is 4.79 Å². The molecular formula is C22H25N3O3S2. The monoisotopic (exact) mass is 443 g/mol. The van der Waals surface area contributed by atoms with Crippen molar-refractivity contribution in [3.05, 3.63) is 63.7 Å². The average molecular weight is 444 g/mol. The zero-order valence-corrected chi connectivity index (χ0v) is 18.7. The summed E-state index contributed by atoms with van der Waals surface area (Å²) in [6.45, 7) is 4.52. The Kier molecular flexibility index (Phi) is 5.79. The highest BCUT2D eigenvalue weighted by Gasteiger charge is 2.31. The molecule has 0 spiro atoms. The van der Waals surface area contributed by atoms with Crippen LogP contribution in [-0.2, 0) is 27.6 Å². The Hall–Kier alpha value is -2.45. The van der Waals surface area contributed by atoms with E-state index in [-0.39, 0.29) is 29.9 Å². The first-order chi connectivity index (χ1) is 14.3. The molecule has 158 valence electrons. The maximum Gasteiger partial charge on any atom is 0.227 e. The van der Waals surface area contributed by atoms with Crippen molar-refractivity contribution in [1.82, 2.24) is 14.9 Å². The number of nitrogens with one attached hydrogen (secondary N) is 1. The zero-order valence-electron chi connectivity index (χ0n) is 17.1. The Labute approximate surface area is 180 Å². The van der Waals surface area contributed by atoms with E-state index in [2.05, 4.69) is 20.9 Å². The van der Waals surface area contributed by atoms with Crippen molar-refractivity contribution >= 4 is 27.1 Å². The number of carbonyl (C=O) groups excluding carboxylic acids is 1. The lowest BCUT2D eigenvalue weighted by Gasteiger charge is -2.16. The maximum atomic E-state index is 12.3. The Balaban J connectivity index is 1.45. The number of rotatable bonds is 6. The van der Waals surface area contributed by atoms with E-state index in [1.807, 2.05) is 49.6 Å². The number of nitrogens with zero attached hydrogens (tertiary/aromatic N) is 2. The second-order valence-corrected chi connectivity index (χ2v) is 10.9. The van der Waals surface area contributed by atoms with E-state index in [1.54, 1.807) is 0 Å². The van der Waals surface area contributed by atoms with Gasteiger partial charge in [-0.05, 0) is 31.9 Å². The van der Waals surface area contributed by atoms with Crippen molar-refractivity contribution in [3.8, 4) is 11.3 Å². The van der Waals surface area contributed by atoms with Crippen molar-refractivity contribution in [1.29, 1.82) is 0 Å². The summed E-state index contributed by atoms with van der Waals surface area (Å²) in [6.07, 6.45) is 0.902. The highest BCUT2D eigenvalue weighted by molar-refractivity contribution is 7.91. The van der Waals surface area contributed by atoms with Crippen LogP contribution in [0.4, 0.5) is 0 Å². The molecule has 1 atom stereocenters. The van der Waals surface area contributed by atoms with Gasteiger partial charge < -0.3 is 9.88 Å². The Morgan fingerprint density at radius 3 is 2.73 bits per heavy atom. The fraction of sp³-hybridized carbons (Fsp3) is 0.364. The van der Waals surface area contributed by atoms with Gasteiger partial charge in [0, 0.05) is 34.9 Å². The van der Waals surface area contributed by atoms with E-state index in [1.165, 1.54) is 11.3 Å². The molecule has 6 nitrogen and oxygen atoms in total. The summed E-state index contributed by atoms with van der Waals surface area (Å²) in [7, 11) is -2.95. The third-order valence-corrected chi connectivity index (χ3v) is 8.13. The Bertz CT molecular complexity index is 1160. The largest absolute Gasteiger partial charge is 0.352 e. The zero-order chi connectivity index (χ0) is 21.3. The highest BCUT2D eigenvalue weighted by atomic mass is 32.2. The first-order valence-electron chi connectivity index (χ1n) is 9.96. The van der Waals surface area contributed by atoms with E-state index < -0.39 is 9.84 Å². The molecule has 1 aromatic carbocycles. The van der Waals surface area contributed by atoms with Crippen molar-refractivity contribution in [3.63, 3.8) is 0 Å². The molecule has 4 rings (SSSR count). The van der Waals surface area contributed by atoms with Crippen LogP contribution in [0, 0.1) is 13.8 Å². The summed E-state index contributed by atoms with van der Waals surface area (Å²) in [4.78, 5) is 17.0. The van der Waals surface area contributed by atoms with E-state index >= 15 is 0 Å². The minimum absolute atomic E-state index is 0.00868. The third kappa shape index (κ3) is 4.49. The first kappa shape index (κ1) is 20.8. The van der Waals surface area contributed by atoms with Gasteiger partial charge in [-0.2, -0.15) is 0 Å². The van der Waals surface area contributed by atoms with Crippen molar-refractivity contribution in [2.45, 2.75) is 39.3 Å². The molecule has 2 aromatic heterocycles. The van der Waals surface area contributed by atoms with Crippen LogP contribution in [0.25, 0.3) is 11.3 Å². The van der Waals surface area contributed by atoms with Crippen molar-refractivity contribution in [2.24, 2.45) is 0 Å². The minimum Gasteiger partial charge on any atom is -0.352 e. The van der Waals surface area contributed by atoms with Gasteiger partial charge in [0.2, 0.25) is 5.91 Å². The normalized spacial score (nSPS) is 17.9. The van der Waals surface area contributed by atoms with Gasteiger partial charge in [0.25, 0.3) is 0 Å². The third-order valence-electron chi connectivity index (χ3n) is 5.53. The number of hydrogen-bond donors (Lipinski definition) is 1. The van der Waals surface area contributed by atoms with Gasteiger partial charge in [-0.25, -0.2) is 13.4 Å². The predicted octanol–water partition coefficient (Wildman–Crippen LogP) is 3.45. The second kappa shape index (κ2) is 8.35. The molecule has 0 aliphatic carbocycles. The van der Waals surface area contributed by atoms with Crippen LogP contribution in [-0.4, -0.2) is 35.4 Å². The molecule has 30 heavy (non-hydrogen) atoms. The van der Waals surface area contributed by atoms with Gasteiger partial charge in [0.15, 0.2) is 9.84 Å². The number of thiazole rings is 1. The summed E-state index contributed by atoms with van der Waals surface area (Å²) < 4.78 is 25.9. The minimum atomic E-state index is -2.95. The van der Waals surface area contributed by atoms with E-state index in [4.69, 9.17) is 0 Å². The summed E-state index contributed by atoms with van der Waals surface area (Å²) in [6, 6.07) is 11.9.